The lowest BCUT2D eigenvalue weighted by Crippen LogP contribution is -2.04. The highest BCUT2D eigenvalue weighted by Crippen LogP contribution is 2.31. The van der Waals surface area contributed by atoms with Crippen molar-refractivity contribution < 1.29 is 4.39 Å². The fraction of sp³-hybridized carbons (Fsp3) is 0.364. The molecule has 1 heterocycles. The van der Waals surface area contributed by atoms with Crippen LogP contribution in [0.2, 0.25) is 0 Å². The molecule has 2 N–H and O–H groups in total. The molecule has 1 aliphatic rings. The van der Waals surface area contributed by atoms with Crippen molar-refractivity contribution >= 4 is 5.69 Å². The van der Waals surface area contributed by atoms with Gasteiger partial charge in [-0.05, 0) is 47.4 Å². The smallest absolute Gasteiger partial charge is 0.182 e. The van der Waals surface area contributed by atoms with Crippen LogP contribution in [0.1, 0.15) is 12.8 Å². The number of hydrogen-bond donors (Lipinski definition) is 1. The lowest BCUT2D eigenvalue weighted by atomic mass is 10.2. The number of benzene rings is 1. The molecule has 6 heteroatoms. The number of tetrazole rings is 1. The summed E-state index contributed by atoms with van der Waals surface area (Å²) in [4.78, 5) is 0. The maximum absolute atomic E-state index is 13.4. The summed E-state index contributed by atoms with van der Waals surface area (Å²) in [6.45, 7) is 0.800. The third-order valence-corrected chi connectivity index (χ3v) is 2.92. The molecule has 0 unspecified atom stereocenters. The van der Waals surface area contributed by atoms with E-state index in [0.717, 1.165) is 6.54 Å². The molecule has 0 bridgehead atoms. The molecule has 5 nitrogen and oxygen atoms in total. The molecule has 3 rings (SSSR count). The lowest BCUT2D eigenvalue weighted by molar-refractivity contribution is 0.548. The van der Waals surface area contributed by atoms with Crippen LogP contribution >= 0.6 is 0 Å². The number of nitrogen functional groups attached to an aromatic ring is 1. The number of halogens is 1. The van der Waals surface area contributed by atoms with E-state index >= 15 is 0 Å². The summed E-state index contributed by atoms with van der Waals surface area (Å²) in [7, 11) is 0. The molecule has 0 spiro atoms. The van der Waals surface area contributed by atoms with Gasteiger partial charge in [-0.2, -0.15) is 0 Å². The van der Waals surface area contributed by atoms with E-state index in [-0.39, 0.29) is 5.69 Å². The summed E-state index contributed by atoms with van der Waals surface area (Å²) in [5.41, 5.74) is 6.23. The standard InChI is InChI=1S/C11H12FN5/c12-9-5-8(3-4-10(9)13)11-14-15-16-17(11)6-7-1-2-7/h3-5,7H,1-2,6,13H2. The van der Waals surface area contributed by atoms with Crippen molar-refractivity contribution in [2.75, 3.05) is 5.73 Å². The lowest BCUT2D eigenvalue weighted by Gasteiger charge is -2.04. The van der Waals surface area contributed by atoms with Crippen molar-refractivity contribution in [3.05, 3.63) is 24.0 Å². The first-order valence-corrected chi connectivity index (χ1v) is 5.55. The minimum Gasteiger partial charge on any atom is -0.396 e. The molecule has 2 aromatic rings. The van der Waals surface area contributed by atoms with Crippen molar-refractivity contribution in [1.29, 1.82) is 0 Å². The van der Waals surface area contributed by atoms with Gasteiger partial charge < -0.3 is 5.73 Å². The Balaban J connectivity index is 1.96. The van der Waals surface area contributed by atoms with Crippen LogP contribution < -0.4 is 5.73 Å². The SMILES string of the molecule is Nc1ccc(-c2nnnn2CC2CC2)cc1F. The molecule has 17 heavy (non-hydrogen) atoms. The van der Waals surface area contributed by atoms with Gasteiger partial charge in [0.25, 0.3) is 0 Å². The number of aromatic nitrogens is 4. The Hall–Kier alpha value is -1.98. The van der Waals surface area contributed by atoms with E-state index in [1.165, 1.54) is 25.0 Å². The van der Waals surface area contributed by atoms with Crippen LogP contribution in [-0.4, -0.2) is 20.2 Å². The van der Waals surface area contributed by atoms with Gasteiger partial charge in [-0.3, -0.25) is 0 Å². The monoisotopic (exact) mass is 233 g/mol. The predicted octanol–water partition coefficient (Wildman–Crippen LogP) is 1.47. The topological polar surface area (TPSA) is 69.6 Å². The van der Waals surface area contributed by atoms with E-state index in [0.29, 0.717) is 17.3 Å². The Morgan fingerprint density at radius 2 is 2.24 bits per heavy atom. The Morgan fingerprint density at radius 1 is 1.41 bits per heavy atom. The molecule has 1 fully saturated rings. The van der Waals surface area contributed by atoms with E-state index in [4.69, 9.17) is 5.73 Å². The highest BCUT2D eigenvalue weighted by atomic mass is 19.1. The Labute approximate surface area is 97.4 Å². The van der Waals surface area contributed by atoms with Gasteiger partial charge in [0.1, 0.15) is 5.82 Å². The Bertz CT molecular complexity index is 547. The van der Waals surface area contributed by atoms with Crippen LogP contribution in [0.3, 0.4) is 0 Å². The third kappa shape index (κ3) is 1.98. The van der Waals surface area contributed by atoms with Gasteiger partial charge in [-0.1, -0.05) is 0 Å². The molecule has 0 aliphatic heterocycles. The molecule has 1 saturated carbocycles. The zero-order valence-corrected chi connectivity index (χ0v) is 9.17. The molecule has 0 radical (unpaired) electrons. The van der Waals surface area contributed by atoms with Crippen LogP contribution in [0.15, 0.2) is 18.2 Å². The minimum atomic E-state index is -0.441. The molecule has 0 atom stereocenters. The van der Waals surface area contributed by atoms with Gasteiger partial charge in [-0.15, -0.1) is 5.10 Å². The van der Waals surface area contributed by atoms with Gasteiger partial charge in [-0.25, -0.2) is 9.07 Å². The summed E-state index contributed by atoms with van der Waals surface area (Å²) in [6, 6.07) is 4.62. The molecule has 1 aliphatic carbocycles. The fourth-order valence-corrected chi connectivity index (χ4v) is 1.75. The maximum atomic E-state index is 13.4. The molecule has 1 aromatic heterocycles. The van der Waals surface area contributed by atoms with Crippen LogP contribution in [0, 0.1) is 11.7 Å². The van der Waals surface area contributed by atoms with E-state index in [1.807, 2.05) is 0 Å². The first kappa shape index (κ1) is 10.2. The molecule has 88 valence electrons. The normalized spacial score (nSPS) is 15.1. The second kappa shape index (κ2) is 3.80. The highest BCUT2D eigenvalue weighted by Gasteiger charge is 2.24. The highest BCUT2D eigenvalue weighted by molar-refractivity contribution is 5.59. The second-order valence-electron chi connectivity index (χ2n) is 4.36. The number of hydrogen-bond acceptors (Lipinski definition) is 4. The minimum absolute atomic E-state index is 0.134. The van der Waals surface area contributed by atoms with Gasteiger partial charge in [0.15, 0.2) is 5.82 Å². The number of rotatable bonds is 3. The summed E-state index contributed by atoms with van der Waals surface area (Å²) < 4.78 is 15.1. The van der Waals surface area contributed by atoms with Crippen LogP contribution in [0.5, 0.6) is 0 Å². The summed E-state index contributed by atoms with van der Waals surface area (Å²) in [6.07, 6.45) is 2.44. The van der Waals surface area contributed by atoms with Crippen molar-refractivity contribution in [2.24, 2.45) is 5.92 Å². The van der Waals surface area contributed by atoms with E-state index in [9.17, 15) is 4.39 Å². The van der Waals surface area contributed by atoms with Gasteiger partial charge >= 0.3 is 0 Å². The molecular weight excluding hydrogens is 221 g/mol. The Kier molecular flexibility index (Phi) is 2.28. The van der Waals surface area contributed by atoms with E-state index < -0.39 is 5.82 Å². The number of nitrogens with zero attached hydrogens (tertiary/aromatic N) is 4. The van der Waals surface area contributed by atoms with E-state index in [1.54, 1.807) is 10.7 Å². The predicted molar refractivity (Wildman–Crippen MR) is 60.3 cm³/mol. The maximum Gasteiger partial charge on any atom is 0.182 e. The zero-order valence-electron chi connectivity index (χ0n) is 9.17. The molecular formula is C11H12FN5. The first-order valence-electron chi connectivity index (χ1n) is 5.55. The van der Waals surface area contributed by atoms with Gasteiger partial charge in [0, 0.05) is 12.1 Å². The molecule has 1 aromatic carbocycles. The number of anilines is 1. The van der Waals surface area contributed by atoms with Gasteiger partial charge in [0.2, 0.25) is 0 Å². The molecule has 0 amide bonds. The first-order chi connectivity index (χ1) is 8.24. The quantitative estimate of drug-likeness (QED) is 0.815. The van der Waals surface area contributed by atoms with Crippen molar-refractivity contribution in [2.45, 2.75) is 19.4 Å². The van der Waals surface area contributed by atoms with Crippen molar-refractivity contribution in [1.82, 2.24) is 20.2 Å². The Morgan fingerprint density at radius 3 is 2.94 bits per heavy atom. The second-order valence-corrected chi connectivity index (χ2v) is 4.36. The van der Waals surface area contributed by atoms with E-state index in [2.05, 4.69) is 15.5 Å². The summed E-state index contributed by atoms with van der Waals surface area (Å²) in [5, 5.41) is 11.5. The average Bonchev–Trinajstić information content (AvgIpc) is 3.00. The summed E-state index contributed by atoms with van der Waals surface area (Å²) in [5.74, 6) is 0.815. The largest absolute Gasteiger partial charge is 0.396 e. The average molecular weight is 233 g/mol. The number of nitrogens with two attached hydrogens (primary N) is 1. The van der Waals surface area contributed by atoms with Crippen molar-refractivity contribution in [3.63, 3.8) is 0 Å². The van der Waals surface area contributed by atoms with Crippen LogP contribution in [0.25, 0.3) is 11.4 Å². The molecule has 0 saturated heterocycles. The van der Waals surface area contributed by atoms with Crippen LogP contribution in [0.4, 0.5) is 10.1 Å². The van der Waals surface area contributed by atoms with Crippen molar-refractivity contribution in [3.8, 4) is 11.4 Å². The summed E-state index contributed by atoms with van der Waals surface area (Å²) >= 11 is 0. The fourth-order valence-electron chi connectivity index (χ4n) is 1.75. The zero-order chi connectivity index (χ0) is 11.8. The van der Waals surface area contributed by atoms with Gasteiger partial charge in [0.05, 0.1) is 5.69 Å². The van der Waals surface area contributed by atoms with Crippen LogP contribution in [-0.2, 0) is 6.54 Å². The third-order valence-electron chi connectivity index (χ3n) is 2.92.